The predicted molar refractivity (Wildman–Crippen MR) is 110 cm³/mol. The van der Waals surface area contributed by atoms with E-state index in [1.807, 2.05) is 25.2 Å². The number of hydrogen-bond acceptors (Lipinski definition) is 2. The molecule has 0 fully saturated rings. The van der Waals surface area contributed by atoms with E-state index >= 15 is 0 Å². The molecule has 0 aliphatic heterocycles. The second kappa shape index (κ2) is 23.9. The predicted octanol–water partition coefficient (Wildman–Crippen LogP) is 6.57. The van der Waals surface area contributed by atoms with Gasteiger partial charge in [-0.05, 0) is 32.1 Å². The van der Waals surface area contributed by atoms with E-state index in [2.05, 4.69) is 17.2 Å². The van der Waals surface area contributed by atoms with E-state index in [1.165, 1.54) is 83.6 Å². The second-order valence-electron chi connectivity index (χ2n) is 6.02. The maximum absolute atomic E-state index is 3.78. The van der Waals surface area contributed by atoms with Gasteiger partial charge in [0.2, 0.25) is 0 Å². The molecule has 0 saturated heterocycles. The smallest absolute Gasteiger partial charge is 0.0267 e. The molecule has 0 atom stereocenters. The molecule has 23 heavy (non-hydrogen) atoms. The highest BCUT2D eigenvalue weighted by molar-refractivity contribution is 8.93. The fourth-order valence-corrected chi connectivity index (χ4v) is 2.46. The van der Waals surface area contributed by atoms with Crippen molar-refractivity contribution in [3.63, 3.8) is 0 Å². The fourth-order valence-electron chi connectivity index (χ4n) is 2.46. The van der Waals surface area contributed by atoms with Crippen LogP contribution in [0.4, 0.5) is 0 Å². The van der Waals surface area contributed by atoms with Crippen molar-refractivity contribution in [3.8, 4) is 0 Å². The standard InChI is InChI=1S/C15H33N.C5H5N.BrH/c1-3-4-5-6-7-8-9-10-11-12-13-14-15-16-2;1-2-4-6-5-3-1;/h16H,3-15H2,1-2H3;1-5H;1H. The molecule has 3 heteroatoms. The third-order valence-corrected chi connectivity index (χ3v) is 3.85. The van der Waals surface area contributed by atoms with Crippen molar-refractivity contribution in [1.82, 2.24) is 10.3 Å². The van der Waals surface area contributed by atoms with E-state index in [0.29, 0.717) is 0 Å². The molecule has 0 amide bonds. The third-order valence-electron chi connectivity index (χ3n) is 3.85. The molecule has 1 N–H and O–H groups in total. The monoisotopic (exact) mass is 386 g/mol. The summed E-state index contributed by atoms with van der Waals surface area (Å²) in [6.45, 7) is 3.48. The molecule has 1 aromatic heterocycles. The van der Waals surface area contributed by atoms with Gasteiger partial charge in [0, 0.05) is 12.4 Å². The quantitative estimate of drug-likeness (QED) is 0.387. The van der Waals surface area contributed by atoms with Crippen LogP contribution in [0.2, 0.25) is 0 Å². The van der Waals surface area contributed by atoms with Crippen molar-refractivity contribution in [2.45, 2.75) is 84.0 Å². The normalized spacial score (nSPS) is 9.65. The minimum absolute atomic E-state index is 0. The Kier molecular flexibility index (Phi) is 25.8. The van der Waals surface area contributed by atoms with Crippen LogP contribution in [0.5, 0.6) is 0 Å². The number of halogens is 1. The van der Waals surface area contributed by atoms with Gasteiger partial charge < -0.3 is 5.32 Å². The van der Waals surface area contributed by atoms with Crippen molar-refractivity contribution in [3.05, 3.63) is 30.6 Å². The van der Waals surface area contributed by atoms with E-state index in [4.69, 9.17) is 0 Å². The number of pyridine rings is 1. The van der Waals surface area contributed by atoms with Gasteiger partial charge in [-0.25, -0.2) is 0 Å². The summed E-state index contributed by atoms with van der Waals surface area (Å²) in [6.07, 6.45) is 20.8. The fraction of sp³-hybridized carbons (Fsp3) is 0.750. The Labute approximate surface area is 155 Å². The molecule has 0 aromatic carbocycles. The molecule has 0 bridgehead atoms. The zero-order valence-corrected chi connectivity index (χ0v) is 17.1. The van der Waals surface area contributed by atoms with Crippen LogP contribution >= 0.6 is 17.0 Å². The topological polar surface area (TPSA) is 24.9 Å². The summed E-state index contributed by atoms with van der Waals surface area (Å²) in [5.74, 6) is 0. The van der Waals surface area contributed by atoms with Crippen LogP contribution < -0.4 is 5.32 Å². The molecule has 0 spiro atoms. The lowest BCUT2D eigenvalue weighted by Gasteiger charge is -2.02. The third kappa shape index (κ3) is 24.0. The first-order chi connectivity index (χ1) is 10.9. The first kappa shape index (κ1) is 24.8. The highest BCUT2D eigenvalue weighted by Crippen LogP contribution is 2.11. The second-order valence-corrected chi connectivity index (χ2v) is 6.02. The molecule has 2 nitrogen and oxygen atoms in total. The number of unbranched alkanes of at least 4 members (excludes halogenated alkanes) is 11. The van der Waals surface area contributed by atoms with Crippen molar-refractivity contribution in [1.29, 1.82) is 0 Å². The van der Waals surface area contributed by atoms with E-state index < -0.39 is 0 Å². The van der Waals surface area contributed by atoms with Gasteiger partial charge in [0.1, 0.15) is 0 Å². The molecular formula is C20H39BrN2. The van der Waals surface area contributed by atoms with E-state index in [0.717, 1.165) is 0 Å². The number of rotatable bonds is 13. The summed E-state index contributed by atoms with van der Waals surface area (Å²) in [7, 11) is 2.04. The summed E-state index contributed by atoms with van der Waals surface area (Å²) in [4.78, 5) is 3.78. The average Bonchev–Trinajstić information content (AvgIpc) is 2.58. The molecule has 0 radical (unpaired) electrons. The van der Waals surface area contributed by atoms with Crippen LogP contribution in [0.15, 0.2) is 30.6 Å². The van der Waals surface area contributed by atoms with E-state index in [-0.39, 0.29) is 17.0 Å². The van der Waals surface area contributed by atoms with Gasteiger partial charge in [-0.2, -0.15) is 0 Å². The molecule has 0 saturated carbocycles. The van der Waals surface area contributed by atoms with Crippen LogP contribution in [0, 0.1) is 0 Å². The lowest BCUT2D eigenvalue weighted by molar-refractivity contribution is 0.541. The van der Waals surface area contributed by atoms with Gasteiger partial charge in [0.05, 0.1) is 0 Å². The van der Waals surface area contributed by atoms with Gasteiger partial charge in [0.25, 0.3) is 0 Å². The first-order valence-corrected chi connectivity index (χ1v) is 9.41. The highest BCUT2D eigenvalue weighted by atomic mass is 79.9. The van der Waals surface area contributed by atoms with Crippen LogP contribution in [-0.4, -0.2) is 18.6 Å². The molecule has 1 rings (SSSR count). The Balaban J connectivity index is 0. The Morgan fingerprint density at radius 3 is 1.39 bits per heavy atom. The maximum atomic E-state index is 3.78. The van der Waals surface area contributed by atoms with Gasteiger partial charge >= 0.3 is 0 Å². The SMILES string of the molecule is Br.CCCCCCCCCCCCCCNC.c1ccncc1. The Morgan fingerprint density at radius 1 is 0.652 bits per heavy atom. The minimum Gasteiger partial charge on any atom is -0.320 e. The first-order valence-electron chi connectivity index (χ1n) is 9.41. The highest BCUT2D eigenvalue weighted by Gasteiger charge is 1.92. The Hall–Kier alpha value is -0.410. The molecule has 1 aromatic rings. The van der Waals surface area contributed by atoms with Gasteiger partial charge in [0.15, 0.2) is 0 Å². The van der Waals surface area contributed by atoms with Crippen LogP contribution in [0.1, 0.15) is 84.0 Å². The van der Waals surface area contributed by atoms with Crippen molar-refractivity contribution >= 4 is 17.0 Å². The summed E-state index contributed by atoms with van der Waals surface area (Å²) in [6, 6.07) is 5.72. The number of aromatic nitrogens is 1. The van der Waals surface area contributed by atoms with Gasteiger partial charge in [-0.1, -0.05) is 83.6 Å². The molecule has 0 aliphatic rings. The van der Waals surface area contributed by atoms with Gasteiger partial charge in [-0.3, -0.25) is 4.98 Å². The average molecular weight is 387 g/mol. The maximum Gasteiger partial charge on any atom is 0.0267 e. The summed E-state index contributed by atoms with van der Waals surface area (Å²) < 4.78 is 0. The molecule has 0 aliphatic carbocycles. The Bertz CT molecular complexity index is 240. The van der Waals surface area contributed by atoms with Gasteiger partial charge in [-0.15, -0.1) is 17.0 Å². The minimum atomic E-state index is 0. The van der Waals surface area contributed by atoms with Crippen LogP contribution in [0.25, 0.3) is 0 Å². The Morgan fingerprint density at radius 2 is 1.09 bits per heavy atom. The number of nitrogens with one attached hydrogen (secondary N) is 1. The van der Waals surface area contributed by atoms with E-state index in [9.17, 15) is 0 Å². The van der Waals surface area contributed by atoms with Crippen molar-refractivity contribution < 1.29 is 0 Å². The molecule has 1 heterocycles. The zero-order valence-electron chi connectivity index (χ0n) is 15.4. The molecular weight excluding hydrogens is 348 g/mol. The van der Waals surface area contributed by atoms with Crippen LogP contribution in [-0.2, 0) is 0 Å². The van der Waals surface area contributed by atoms with Crippen LogP contribution in [0.3, 0.4) is 0 Å². The van der Waals surface area contributed by atoms with Crippen molar-refractivity contribution in [2.24, 2.45) is 0 Å². The molecule has 136 valence electrons. The lowest BCUT2D eigenvalue weighted by atomic mass is 10.1. The van der Waals surface area contributed by atoms with E-state index in [1.54, 1.807) is 12.4 Å². The zero-order chi connectivity index (χ0) is 16.1. The largest absolute Gasteiger partial charge is 0.320 e. The summed E-state index contributed by atoms with van der Waals surface area (Å²) >= 11 is 0. The lowest BCUT2D eigenvalue weighted by Crippen LogP contribution is -2.06. The number of hydrogen-bond donors (Lipinski definition) is 1. The summed E-state index contributed by atoms with van der Waals surface area (Å²) in [5.41, 5.74) is 0. The molecule has 0 unspecified atom stereocenters. The van der Waals surface area contributed by atoms with Crippen molar-refractivity contribution in [2.75, 3.05) is 13.6 Å². The summed E-state index contributed by atoms with van der Waals surface area (Å²) in [5, 5.41) is 3.20. The number of nitrogens with zero attached hydrogens (tertiary/aromatic N) is 1.